The summed E-state index contributed by atoms with van der Waals surface area (Å²) in [5, 5.41) is 0. The van der Waals surface area contributed by atoms with Crippen LogP contribution >= 0.6 is 0 Å². The van der Waals surface area contributed by atoms with Crippen LogP contribution in [0, 0.1) is 0 Å². The molecule has 2 heterocycles. The van der Waals surface area contributed by atoms with Crippen molar-refractivity contribution in [2.24, 2.45) is 0 Å². The molecule has 25 heavy (non-hydrogen) atoms. The van der Waals surface area contributed by atoms with Gasteiger partial charge in [-0.25, -0.2) is 0 Å². The van der Waals surface area contributed by atoms with Crippen molar-refractivity contribution in [3.8, 4) is 5.75 Å². The van der Waals surface area contributed by atoms with Gasteiger partial charge in [0, 0.05) is 45.3 Å². The highest BCUT2D eigenvalue weighted by Gasteiger charge is 2.28. The Hall–Kier alpha value is -1.26. The Morgan fingerprint density at radius 1 is 0.960 bits per heavy atom. The highest BCUT2D eigenvalue weighted by molar-refractivity contribution is 5.60. The number of piperazine rings is 1. The quantitative estimate of drug-likeness (QED) is 0.837. The molecule has 1 aromatic carbocycles. The minimum atomic E-state index is 0.153. The molecule has 2 aliphatic rings. The summed E-state index contributed by atoms with van der Waals surface area (Å²) in [5.41, 5.74) is 2.74. The van der Waals surface area contributed by atoms with Crippen molar-refractivity contribution < 1.29 is 4.74 Å². The van der Waals surface area contributed by atoms with Gasteiger partial charge in [0.1, 0.15) is 5.75 Å². The molecule has 0 spiro atoms. The zero-order chi connectivity index (χ0) is 18.0. The molecule has 0 unspecified atom stereocenters. The molecule has 0 N–H and O–H groups in total. The number of likely N-dealkylation sites (N-methyl/N-ethyl adjacent to an activating group) is 1. The maximum absolute atomic E-state index is 5.73. The molecule has 0 saturated carbocycles. The predicted octanol–water partition coefficient (Wildman–Crippen LogP) is 3.21. The summed E-state index contributed by atoms with van der Waals surface area (Å²) >= 11 is 0. The van der Waals surface area contributed by atoms with E-state index < -0.39 is 0 Å². The van der Waals surface area contributed by atoms with Crippen molar-refractivity contribution in [1.29, 1.82) is 0 Å². The van der Waals surface area contributed by atoms with Gasteiger partial charge in [0.05, 0.1) is 12.8 Å². The van der Waals surface area contributed by atoms with E-state index in [4.69, 9.17) is 4.74 Å². The van der Waals surface area contributed by atoms with Gasteiger partial charge in [-0.3, -0.25) is 4.90 Å². The monoisotopic (exact) mass is 345 g/mol. The maximum atomic E-state index is 5.73. The van der Waals surface area contributed by atoms with Crippen molar-refractivity contribution in [2.45, 2.75) is 45.1 Å². The van der Waals surface area contributed by atoms with E-state index in [1.54, 1.807) is 7.11 Å². The van der Waals surface area contributed by atoms with Gasteiger partial charge in [-0.15, -0.1) is 0 Å². The third kappa shape index (κ3) is 4.29. The fraction of sp³-hybridized carbons (Fsp3) is 0.714. The number of piperidine rings is 1. The number of ether oxygens (including phenoxy) is 1. The lowest BCUT2D eigenvalue weighted by Gasteiger charge is -2.42. The summed E-state index contributed by atoms with van der Waals surface area (Å²) in [5.74, 6) is 1.02. The first kappa shape index (κ1) is 18.5. The van der Waals surface area contributed by atoms with E-state index in [-0.39, 0.29) is 5.41 Å². The molecule has 3 rings (SSSR count). The van der Waals surface area contributed by atoms with Crippen LogP contribution < -0.4 is 9.64 Å². The summed E-state index contributed by atoms with van der Waals surface area (Å²) in [4.78, 5) is 7.66. The fourth-order valence-electron chi connectivity index (χ4n) is 4.06. The van der Waals surface area contributed by atoms with Crippen LogP contribution in [0.2, 0.25) is 0 Å². The number of methoxy groups -OCH3 is 1. The van der Waals surface area contributed by atoms with Gasteiger partial charge in [0.25, 0.3) is 0 Å². The third-order valence-corrected chi connectivity index (χ3v) is 5.91. The van der Waals surface area contributed by atoms with Crippen LogP contribution in [-0.4, -0.2) is 69.3 Å². The molecular formula is C21H35N3O. The number of benzene rings is 1. The first-order chi connectivity index (χ1) is 11.9. The van der Waals surface area contributed by atoms with E-state index in [9.17, 15) is 0 Å². The minimum Gasteiger partial charge on any atom is -0.495 e. The minimum absolute atomic E-state index is 0.153. The Morgan fingerprint density at radius 3 is 2.16 bits per heavy atom. The van der Waals surface area contributed by atoms with Gasteiger partial charge in [-0.1, -0.05) is 26.8 Å². The van der Waals surface area contributed by atoms with Crippen LogP contribution in [0.1, 0.15) is 39.2 Å². The Bertz CT molecular complexity index is 565. The summed E-state index contributed by atoms with van der Waals surface area (Å²) < 4.78 is 5.73. The number of nitrogens with zero attached hydrogens (tertiary/aromatic N) is 3. The topological polar surface area (TPSA) is 19.0 Å². The van der Waals surface area contributed by atoms with Crippen LogP contribution in [0.5, 0.6) is 5.75 Å². The Morgan fingerprint density at radius 2 is 1.60 bits per heavy atom. The van der Waals surface area contributed by atoms with Crippen molar-refractivity contribution in [3.63, 3.8) is 0 Å². The van der Waals surface area contributed by atoms with Crippen LogP contribution in [0.25, 0.3) is 0 Å². The van der Waals surface area contributed by atoms with Crippen LogP contribution in [-0.2, 0) is 5.41 Å². The second kappa shape index (κ2) is 7.55. The Balaban J connectivity index is 1.64. The summed E-state index contributed by atoms with van der Waals surface area (Å²) in [6, 6.07) is 7.51. The van der Waals surface area contributed by atoms with E-state index in [2.05, 4.69) is 60.7 Å². The first-order valence-electron chi connectivity index (χ1n) is 9.74. The van der Waals surface area contributed by atoms with Crippen molar-refractivity contribution in [3.05, 3.63) is 23.8 Å². The molecule has 4 heteroatoms. The van der Waals surface area contributed by atoms with Gasteiger partial charge in [-0.2, -0.15) is 0 Å². The molecule has 0 radical (unpaired) electrons. The molecule has 2 aliphatic heterocycles. The third-order valence-electron chi connectivity index (χ3n) is 5.91. The number of hydrogen-bond donors (Lipinski definition) is 0. The fourth-order valence-corrected chi connectivity index (χ4v) is 4.06. The molecule has 0 amide bonds. The zero-order valence-corrected chi connectivity index (χ0v) is 16.7. The molecule has 140 valence electrons. The van der Waals surface area contributed by atoms with Gasteiger partial charge in [0.15, 0.2) is 0 Å². The van der Waals surface area contributed by atoms with Crippen molar-refractivity contribution in [1.82, 2.24) is 9.80 Å². The summed E-state index contributed by atoms with van der Waals surface area (Å²) in [7, 11) is 4.02. The standard InChI is InChI=1S/C21H35N3O/c1-21(2,3)17-6-7-19(20(16-17)25-5)24-10-8-18(9-11-24)23-14-12-22(4)13-15-23/h6-7,16,18H,8-15H2,1-5H3. The highest BCUT2D eigenvalue weighted by Crippen LogP contribution is 2.35. The van der Waals surface area contributed by atoms with Crippen molar-refractivity contribution >= 4 is 5.69 Å². The normalized spacial score (nSPS) is 21.6. The lowest BCUT2D eigenvalue weighted by Crippen LogP contribution is -2.52. The molecule has 1 aromatic rings. The largest absolute Gasteiger partial charge is 0.495 e. The van der Waals surface area contributed by atoms with E-state index in [1.165, 1.54) is 50.3 Å². The smallest absolute Gasteiger partial charge is 0.142 e. The Kier molecular flexibility index (Phi) is 5.59. The highest BCUT2D eigenvalue weighted by atomic mass is 16.5. The number of anilines is 1. The van der Waals surface area contributed by atoms with E-state index in [0.29, 0.717) is 0 Å². The molecule has 2 fully saturated rings. The second-order valence-corrected chi connectivity index (χ2v) is 8.69. The molecule has 0 atom stereocenters. The average molecular weight is 346 g/mol. The number of hydrogen-bond acceptors (Lipinski definition) is 4. The van der Waals surface area contributed by atoms with Crippen LogP contribution in [0.15, 0.2) is 18.2 Å². The van der Waals surface area contributed by atoms with Gasteiger partial charge < -0.3 is 14.5 Å². The van der Waals surface area contributed by atoms with Crippen LogP contribution in [0.4, 0.5) is 5.69 Å². The summed E-state index contributed by atoms with van der Waals surface area (Å²) in [6.45, 7) is 13.9. The molecule has 4 nitrogen and oxygen atoms in total. The lowest BCUT2D eigenvalue weighted by atomic mass is 9.86. The first-order valence-corrected chi connectivity index (χ1v) is 9.74. The van der Waals surface area contributed by atoms with Gasteiger partial charge >= 0.3 is 0 Å². The molecule has 2 saturated heterocycles. The van der Waals surface area contributed by atoms with Gasteiger partial charge in [-0.05, 0) is 43.0 Å². The van der Waals surface area contributed by atoms with E-state index >= 15 is 0 Å². The van der Waals surface area contributed by atoms with Gasteiger partial charge in [0.2, 0.25) is 0 Å². The zero-order valence-electron chi connectivity index (χ0n) is 16.7. The lowest BCUT2D eigenvalue weighted by molar-refractivity contribution is 0.0981. The molecule has 0 aromatic heterocycles. The van der Waals surface area contributed by atoms with E-state index in [1.807, 2.05) is 0 Å². The summed E-state index contributed by atoms with van der Waals surface area (Å²) in [6.07, 6.45) is 2.52. The average Bonchev–Trinajstić information content (AvgIpc) is 2.61. The second-order valence-electron chi connectivity index (χ2n) is 8.69. The maximum Gasteiger partial charge on any atom is 0.142 e. The number of rotatable bonds is 3. The molecular weight excluding hydrogens is 310 g/mol. The van der Waals surface area contributed by atoms with E-state index in [0.717, 1.165) is 24.9 Å². The molecule has 0 aliphatic carbocycles. The van der Waals surface area contributed by atoms with Crippen LogP contribution in [0.3, 0.4) is 0 Å². The predicted molar refractivity (Wildman–Crippen MR) is 106 cm³/mol. The SMILES string of the molecule is COc1cc(C(C)(C)C)ccc1N1CCC(N2CCN(C)CC2)CC1. The van der Waals surface area contributed by atoms with Crippen molar-refractivity contribution in [2.75, 3.05) is 58.3 Å². The molecule has 0 bridgehead atoms. The Labute approximate surface area is 153 Å².